The van der Waals surface area contributed by atoms with E-state index in [1.165, 1.54) is 21.1 Å². The predicted molar refractivity (Wildman–Crippen MR) is 79.8 cm³/mol. The lowest BCUT2D eigenvalue weighted by atomic mass is 10.3. The van der Waals surface area contributed by atoms with Crippen molar-refractivity contribution in [2.45, 2.75) is 11.4 Å². The second-order valence-corrected chi connectivity index (χ2v) is 6.88. The van der Waals surface area contributed by atoms with Gasteiger partial charge in [0.05, 0.1) is 0 Å². The predicted octanol–water partition coefficient (Wildman–Crippen LogP) is -0.700. The molecule has 2 aromatic heterocycles. The van der Waals surface area contributed by atoms with Crippen LogP contribution in [0.15, 0.2) is 45.2 Å². The van der Waals surface area contributed by atoms with E-state index in [2.05, 4.69) is 4.98 Å². The first-order chi connectivity index (χ1) is 10.2. The van der Waals surface area contributed by atoms with Gasteiger partial charge in [0.2, 0.25) is 10.0 Å². The molecule has 0 bridgehead atoms. The van der Waals surface area contributed by atoms with Gasteiger partial charge in [-0.05, 0) is 17.7 Å². The second-order valence-electron chi connectivity index (χ2n) is 4.87. The van der Waals surface area contributed by atoms with Crippen LogP contribution in [0.25, 0.3) is 0 Å². The molecule has 0 aliphatic heterocycles. The van der Waals surface area contributed by atoms with Crippen molar-refractivity contribution in [3.8, 4) is 0 Å². The fraction of sp³-hybridized carbons (Fsp3) is 0.308. The Bertz CT molecular complexity index is 900. The van der Waals surface area contributed by atoms with E-state index in [0.29, 0.717) is 0 Å². The molecule has 9 heteroatoms. The van der Waals surface area contributed by atoms with Gasteiger partial charge in [-0.2, -0.15) is 4.31 Å². The minimum absolute atomic E-state index is 0.0941. The number of aromatic nitrogens is 3. The van der Waals surface area contributed by atoms with Gasteiger partial charge >= 0.3 is 5.69 Å². The first-order valence-corrected chi connectivity index (χ1v) is 7.81. The maximum atomic E-state index is 12.6. The Kier molecular flexibility index (Phi) is 4.29. The van der Waals surface area contributed by atoms with Crippen LogP contribution in [-0.4, -0.2) is 33.9 Å². The zero-order valence-electron chi connectivity index (χ0n) is 12.4. The molecule has 0 saturated heterocycles. The van der Waals surface area contributed by atoms with E-state index in [0.717, 1.165) is 25.2 Å². The molecule has 0 saturated carbocycles. The van der Waals surface area contributed by atoms with Crippen molar-refractivity contribution >= 4 is 10.0 Å². The van der Waals surface area contributed by atoms with Crippen LogP contribution in [0, 0.1) is 0 Å². The summed E-state index contributed by atoms with van der Waals surface area (Å²) < 4.78 is 28.0. The Morgan fingerprint density at radius 1 is 1.18 bits per heavy atom. The first-order valence-electron chi connectivity index (χ1n) is 6.37. The molecule has 0 aliphatic carbocycles. The summed E-state index contributed by atoms with van der Waals surface area (Å²) >= 11 is 0. The van der Waals surface area contributed by atoms with E-state index in [-0.39, 0.29) is 6.54 Å². The number of sulfonamides is 1. The standard InChI is InChI=1S/C13H16N4O4S/c1-15-9-11(12(18)17(3)13(15)19)22(20,21)16(2)8-10-4-6-14-7-5-10/h4-7,9H,8H2,1-3H3. The lowest BCUT2D eigenvalue weighted by molar-refractivity contribution is 0.462. The van der Waals surface area contributed by atoms with Crippen LogP contribution < -0.4 is 11.2 Å². The summed E-state index contributed by atoms with van der Waals surface area (Å²) in [6, 6.07) is 3.37. The van der Waals surface area contributed by atoms with Crippen molar-refractivity contribution in [3.63, 3.8) is 0 Å². The maximum Gasteiger partial charge on any atom is 0.330 e. The van der Waals surface area contributed by atoms with Gasteiger partial charge in [0.15, 0.2) is 4.90 Å². The molecule has 0 spiro atoms. The molecular formula is C13H16N4O4S. The molecule has 0 radical (unpaired) electrons. The van der Waals surface area contributed by atoms with E-state index in [4.69, 9.17) is 0 Å². The van der Waals surface area contributed by atoms with E-state index < -0.39 is 26.2 Å². The number of nitrogens with zero attached hydrogens (tertiary/aromatic N) is 4. The summed E-state index contributed by atoms with van der Waals surface area (Å²) in [5, 5.41) is 0. The van der Waals surface area contributed by atoms with Gasteiger partial charge in [-0.15, -0.1) is 0 Å². The Hall–Kier alpha value is -2.26. The van der Waals surface area contributed by atoms with E-state index in [9.17, 15) is 18.0 Å². The number of hydrogen-bond donors (Lipinski definition) is 0. The van der Waals surface area contributed by atoms with E-state index in [1.54, 1.807) is 24.5 Å². The summed E-state index contributed by atoms with van der Waals surface area (Å²) in [5.41, 5.74) is -0.687. The van der Waals surface area contributed by atoms with Crippen LogP contribution in [0.1, 0.15) is 5.56 Å². The minimum Gasteiger partial charge on any atom is -0.302 e. The van der Waals surface area contributed by atoms with Gasteiger partial charge < -0.3 is 4.57 Å². The van der Waals surface area contributed by atoms with Crippen LogP contribution in [0.2, 0.25) is 0 Å². The SMILES string of the molecule is CN(Cc1ccncc1)S(=O)(=O)c1cn(C)c(=O)n(C)c1=O. The van der Waals surface area contributed by atoms with Gasteiger partial charge in [0, 0.05) is 46.3 Å². The molecule has 0 aromatic carbocycles. The minimum atomic E-state index is -4.01. The lowest BCUT2D eigenvalue weighted by Gasteiger charge is -2.17. The van der Waals surface area contributed by atoms with Gasteiger partial charge in [-0.3, -0.25) is 14.3 Å². The monoisotopic (exact) mass is 324 g/mol. The van der Waals surface area contributed by atoms with Crippen molar-refractivity contribution in [2.24, 2.45) is 14.1 Å². The molecule has 2 heterocycles. The molecule has 118 valence electrons. The quantitative estimate of drug-likeness (QED) is 0.741. The molecule has 0 atom stereocenters. The molecule has 22 heavy (non-hydrogen) atoms. The van der Waals surface area contributed by atoms with Crippen molar-refractivity contribution in [1.82, 2.24) is 18.4 Å². The smallest absolute Gasteiger partial charge is 0.302 e. The Balaban J connectivity index is 2.47. The highest BCUT2D eigenvalue weighted by Crippen LogP contribution is 2.12. The Labute approximate surface area is 127 Å². The van der Waals surface area contributed by atoms with Crippen molar-refractivity contribution in [2.75, 3.05) is 7.05 Å². The molecular weight excluding hydrogens is 308 g/mol. The highest BCUT2D eigenvalue weighted by Gasteiger charge is 2.26. The van der Waals surface area contributed by atoms with Crippen LogP contribution in [0.5, 0.6) is 0 Å². The normalized spacial score (nSPS) is 11.8. The Morgan fingerprint density at radius 3 is 2.36 bits per heavy atom. The Morgan fingerprint density at radius 2 is 1.77 bits per heavy atom. The van der Waals surface area contributed by atoms with Crippen LogP contribution in [-0.2, 0) is 30.7 Å². The molecule has 0 aliphatic rings. The number of rotatable bonds is 4. The highest BCUT2D eigenvalue weighted by molar-refractivity contribution is 7.89. The zero-order valence-corrected chi connectivity index (χ0v) is 13.2. The van der Waals surface area contributed by atoms with Crippen molar-refractivity contribution in [3.05, 3.63) is 57.1 Å². The van der Waals surface area contributed by atoms with E-state index in [1.807, 2.05) is 0 Å². The topological polar surface area (TPSA) is 94.3 Å². The van der Waals surface area contributed by atoms with Gasteiger partial charge in [0.25, 0.3) is 5.56 Å². The molecule has 2 rings (SSSR count). The average Bonchev–Trinajstić information content (AvgIpc) is 2.49. The van der Waals surface area contributed by atoms with Crippen molar-refractivity contribution < 1.29 is 8.42 Å². The van der Waals surface area contributed by atoms with E-state index >= 15 is 0 Å². The maximum absolute atomic E-state index is 12.6. The molecule has 0 unspecified atom stereocenters. The van der Waals surface area contributed by atoms with Crippen LogP contribution in [0.3, 0.4) is 0 Å². The largest absolute Gasteiger partial charge is 0.330 e. The number of aryl methyl sites for hydroxylation is 1. The van der Waals surface area contributed by atoms with Crippen molar-refractivity contribution in [1.29, 1.82) is 0 Å². The fourth-order valence-corrected chi connectivity index (χ4v) is 3.25. The van der Waals surface area contributed by atoms with Gasteiger partial charge in [-0.25, -0.2) is 13.2 Å². The summed E-state index contributed by atoms with van der Waals surface area (Å²) in [6.07, 6.45) is 4.16. The fourth-order valence-electron chi connectivity index (χ4n) is 1.95. The summed E-state index contributed by atoms with van der Waals surface area (Å²) in [7, 11) is 0.000697. The van der Waals surface area contributed by atoms with Crippen LogP contribution in [0.4, 0.5) is 0 Å². The average molecular weight is 324 g/mol. The van der Waals surface area contributed by atoms with Gasteiger partial charge in [0.1, 0.15) is 0 Å². The zero-order chi connectivity index (χ0) is 16.5. The molecule has 8 nitrogen and oxygen atoms in total. The summed E-state index contributed by atoms with van der Waals surface area (Å²) in [4.78, 5) is 27.1. The lowest BCUT2D eigenvalue weighted by Crippen LogP contribution is -2.41. The third-order valence-corrected chi connectivity index (χ3v) is 5.04. The third-order valence-electron chi connectivity index (χ3n) is 3.26. The molecule has 0 fully saturated rings. The van der Waals surface area contributed by atoms with Crippen LogP contribution >= 0.6 is 0 Å². The molecule has 2 aromatic rings. The number of pyridine rings is 1. The summed E-state index contributed by atoms with van der Waals surface area (Å²) in [5.74, 6) is 0. The highest BCUT2D eigenvalue weighted by atomic mass is 32.2. The third kappa shape index (κ3) is 2.85. The molecule has 0 N–H and O–H groups in total. The summed E-state index contributed by atoms with van der Waals surface area (Å²) in [6.45, 7) is 0.0941. The number of hydrogen-bond acceptors (Lipinski definition) is 5. The second kappa shape index (κ2) is 5.85. The van der Waals surface area contributed by atoms with Gasteiger partial charge in [-0.1, -0.05) is 0 Å². The first kappa shape index (κ1) is 16.1. The molecule has 0 amide bonds.